The van der Waals surface area contributed by atoms with Crippen molar-refractivity contribution in [3.05, 3.63) is 24.0 Å². The van der Waals surface area contributed by atoms with Gasteiger partial charge in [0.1, 0.15) is 0 Å². The van der Waals surface area contributed by atoms with Gasteiger partial charge in [-0.3, -0.25) is 4.79 Å². The van der Waals surface area contributed by atoms with E-state index in [0.29, 0.717) is 6.54 Å². The number of carbonyl (C=O) groups is 1. The molecule has 2 N–H and O–H groups in total. The normalized spacial score (nSPS) is 24.6. The van der Waals surface area contributed by atoms with Crippen molar-refractivity contribution >= 4 is 5.91 Å². The summed E-state index contributed by atoms with van der Waals surface area (Å²) in [6.45, 7) is 4.48. The Kier molecular flexibility index (Phi) is 3.52. The Labute approximate surface area is 102 Å². The molecule has 0 bridgehead atoms. The lowest BCUT2D eigenvalue weighted by atomic mass is 9.82. The molecule has 0 saturated carbocycles. The van der Waals surface area contributed by atoms with Crippen molar-refractivity contribution < 1.29 is 4.79 Å². The number of nitrogens with one attached hydrogen (secondary N) is 2. The number of hydrogen-bond donors (Lipinski definition) is 2. The molecular formula is C13H21N3O. The molecule has 0 radical (unpaired) electrons. The second kappa shape index (κ2) is 4.92. The number of aryl methyl sites for hydroxylation is 1. The van der Waals surface area contributed by atoms with Crippen LogP contribution in [0.5, 0.6) is 0 Å². The van der Waals surface area contributed by atoms with Gasteiger partial charge < -0.3 is 15.2 Å². The van der Waals surface area contributed by atoms with Crippen LogP contribution >= 0.6 is 0 Å². The second-order valence-electron chi connectivity index (χ2n) is 5.21. The molecule has 0 aromatic carbocycles. The molecule has 1 aromatic rings. The second-order valence-corrected chi connectivity index (χ2v) is 5.21. The van der Waals surface area contributed by atoms with Gasteiger partial charge in [-0.1, -0.05) is 0 Å². The summed E-state index contributed by atoms with van der Waals surface area (Å²) < 4.78 is 1.99. The summed E-state index contributed by atoms with van der Waals surface area (Å²) in [7, 11) is 1.98. The van der Waals surface area contributed by atoms with Gasteiger partial charge in [-0.25, -0.2) is 0 Å². The maximum atomic E-state index is 12.1. The molecule has 1 saturated heterocycles. The number of nitrogens with zero attached hydrogens (tertiary/aromatic N) is 1. The molecule has 1 fully saturated rings. The van der Waals surface area contributed by atoms with E-state index in [4.69, 9.17) is 0 Å². The molecule has 4 heteroatoms. The van der Waals surface area contributed by atoms with E-state index in [9.17, 15) is 4.79 Å². The first kappa shape index (κ1) is 12.2. The highest BCUT2D eigenvalue weighted by atomic mass is 16.2. The van der Waals surface area contributed by atoms with E-state index in [2.05, 4.69) is 10.6 Å². The van der Waals surface area contributed by atoms with Crippen molar-refractivity contribution in [1.29, 1.82) is 0 Å². The van der Waals surface area contributed by atoms with Crippen LogP contribution in [0.2, 0.25) is 0 Å². The van der Waals surface area contributed by atoms with Gasteiger partial charge in [-0.15, -0.1) is 0 Å². The van der Waals surface area contributed by atoms with Crippen molar-refractivity contribution in [3.63, 3.8) is 0 Å². The molecule has 0 aliphatic carbocycles. The number of rotatable bonds is 3. The van der Waals surface area contributed by atoms with Gasteiger partial charge in [0.15, 0.2) is 0 Å². The van der Waals surface area contributed by atoms with Crippen molar-refractivity contribution in [1.82, 2.24) is 15.2 Å². The molecule has 1 atom stereocenters. The highest BCUT2D eigenvalue weighted by molar-refractivity contribution is 5.82. The predicted molar refractivity (Wildman–Crippen MR) is 67.5 cm³/mol. The molecule has 2 rings (SSSR count). The van der Waals surface area contributed by atoms with Crippen LogP contribution in [-0.2, 0) is 18.4 Å². The zero-order valence-electron chi connectivity index (χ0n) is 10.6. The lowest BCUT2D eigenvalue weighted by molar-refractivity contribution is -0.131. The van der Waals surface area contributed by atoms with Crippen LogP contribution in [0.3, 0.4) is 0 Å². The molecule has 1 amide bonds. The Hall–Kier alpha value is -1.29. The summed E-state index contributed by atoms with van der Waals surface area (Å²) in [6.07, 6.45) is 6.07. The van der Waals surface area contributed by atoms with Crippen LogP contribution < -0.4 is 10.6 Å². The van der Waals surface area contributed by atoms with Crippen molar-refractivity contribution in [2.24, 2.45) is 12.5 Å². The number of carbonyl (C=O) groups excluding carboxylic acids is 1. The third-order valence-electron chi connectivity index (χ3n) is 3.49. The summed E-state index contributed by atoms with van der Waals surface area (Å²) in [6, 6.07) is 2.03. The van der Waals surface area contributed by atoms with Gasteiger partial charge in [0.05, 0.1) is 5.41 Å². The quantitative estimate of drug-likeness (QED) is 0.822. The number of hydrogen-bond acceptors (Lipinski definition) is 2. The standard InChI is InChI=1S/C13H21N3O/c1-13(5-3-6-14-10-13)12(17)15-8-11-4-7-16(2)9-11/h4,7,9,14H,3,5-6,8,10H2,1-2H3,(H,15,17). The third-order valence-corrected chi connectivity index (χ3v) is 3.49. The smallest absolute Gasteiger partial charge is 0.227 e. The molecule has 4 nitrogen and oxygen atoms in total. The van der Waals surface area contributed by atoms with E-state index >= 15 is 0 Å². The average molecular weight is 235 g/mol. The van der Waals surface area contributed by atoms with Crippen molar-refractivity contribution in [2.45, 2.75) is 26.3 Å². The van der Waals surface area contributed by atoms with Gasteiger partial charge in [0, 0.05) is 32.5 Å². The minimum absolute atomic E-state index is 0.161. The fraction of sp³-hybridized carbons (Fsp3) is 0.615. The van der Waals surface area contributed by atoms with E-state index in [1.54, 1.807) is 0 Å². The third kappa shape index (κ3) is 2.88. The van der Waals surface area contributed by atoms with Crippen LogP contribution in [0.25, 0.3) is 0 Å². The fourth-order valence-electron chi connectivity index (χ4n) is 2.31. The van der Waals surface area contributed by atoms with Gasteiger partial charge in [0.25, 0.3) is 0 Å². The minimum Gasteiger partial charge on any atom is -0.357 e. The van der Waals surface area contributed by atoms with Gasteiger partial charge >= 0.3 is 0 Å². The van der Waals surface area contributed by atoms with E-state index in [-0.39, 0.29) is 11.3 Å². The van der Waals surface area contributed by atoms with E-state index in [0.717, 1.165) is 31.5 Å². The Morgan fingerprint density at radius 2 is 2.47 bits per heavy atom. The van der Waals surface area contributed by atoms with Crippen LogP contribution in [0.1, 0.15) is 25.3 Å². The molecule has 17 heavy (non-hydrogen) atoms. The Balaban J connectivity index is 1.88. The number of piperidine rings is 1. The summed E-state index contributed by atoms with van der Waals surface area (Å²) in [5.74, 6) is 0.161. The molecule has 94 valence electrons. The maximum absolute atomic E-state index is 12.1. The van der Waals surface area contributed by atoms with Crippen LogP contribution in [0.15, 0.2) is 18.5 Å². The van der Waals surface area contributed by atoms with Crippen molar-refractivity contribution in [2.75, 3.05) is 13.1 Å². The van der Waals surface area contributed by atoms with Crippen LogP contribution in [-0.4, -0.2) is 23.6 Å². The Morgan fingerprint density at radius 3 is 3.06 bits per heavy atom. The average Bonchev–Trinajstić information content (AvgIpc) is 2.73. The zero-order chi connectivity index (χ0) is 12.3. The van der Waals surface area contributed by atoms with Gasteiger partial charge in [0.2, 0.25) is 5.91 Å². The lowest BCUT2D eigenvalue weighted by Gasteiger charge is -2.32. The summed E-state index contributed by atoms with van der Waals surface area (Å²) in [5, 5.41) is 6.32. The number of amides is 1. The summed E-state index contributed by atoms with van der Waals surface area (Å²) in [4.78, 5) is 12.1. The Morgan fingerprint density at radius 1 is 1.65 bits per heavy atom. The molecule has 1 aliphatic rings. The van der Waals surface area contributed by atoms with Crippen LogP contribution in [0.4, 0.5) is 0 Å². The van der Waals surface area contributed by atoms with E-state index in [1.165, 1.54) is 0 Å². The molecule has 0 spiro atoms. The largest absolute Gasteiger partial charge is 0.357 e. The topological polar surface area (TPSA) is 46.1 Å². The molecule has 1 aliphatic heterocycles. The molecule has 1 aromatic heterocycles. The van der Waals surface area contributed by atoms with Gasteiger partial charge in [-0.2, -0.15) is 0 Å². The maximum Gasteiger partial charge on any atom is 0.227 e. The predicted octanol–water partition coefficient (Wildman–Crippen LogP) is 1.03. The minimum atomic E-state index is -0.243. The SMILES string of the molecule is Cn1ccc(CNC(=O)C2(C)CCCNC2)c1. The Bertz CT molecular complexity index is 391. The molecule has 1 unspecified atom stereocenters. The lowest BCUT2D eigenvalue weighted by Crippen LogP contribution is -2.48. The van der Waals surface area contributed by atoms with Gasteiger partial charge in [-0.05, 0) is 37.9 Å². The van der Waals surface area contributed by atoms with Crippen LogP contribution in [0, 0.1) is 5.41 Å². The fourth-order valence-corrected chi connectivity index (χ4v) is 2.31. The van der Waals surface area contributed by atoms with Crippen molar-refractivity contribution in [3.8, 4) is 0 Å². The monoisotopic (exact) mass is 235 g/mol. The molecular weight excluding hydrogens is 214 g/mol. The van der Waals surface area contributed by atoms with E-state index < -0.39 is 0 Å². The molecule has 2 heterocycles. The first-order valence-electron chi connectivity index (χ1n) is 6.20. The highest BCUT2D eigenvalue weighted by Crippen LogP contribution is 2.25. The van der Waals surface area contributed by atoms with E-state index in [1.807, 2.05) is 37.0 Å². The summed E-state index contributed by atoms with van der Waals surface area (Å²) in [5.41, 5.74) is 0.903. The first-order valence-corrected chi connectivity index (χ1v) is 6.20. The summed E-state index contributed by atoms with van der Waals surface area (Å²) >= 11 is 0. The first-order chi connectivity index (χ1) is 8.10. The zero-order valence-corrected chi connectivity index (χ0v) is 10.6. The number of aromatic nitrogens is 1. The highest BCUT2D eigenvalue weighted by Gasteiger charge is 2.34.